The van der Waals surface area contributed by atoms with Crippen LogP contribution in [0.1, 0.15) is 62.2 Å². The maximum absolute atomic E-state index is 13.7. The van der Waals surface area contributed by atoms with Gasteiger partial charge in [0, 0.05) is 56.2 Å². The largest absolute Gasteiger partial charge is 0.497 e. The zero-order valence-corrected chi connectivity index (χ0v) is 30.2. The molecule has 0 radical (unpaired) electrons. The summed E-state index contributed by atoms with van der Waals surface area (Å²) in [6.07, 6.45) is 9.51. The van der Waals surface area contributed by atoms with E-state index in [0.717, 1.165) is 33.6 Å². The Balaban J connectivity index is 0.896. The Kier molecular flexibility index (Phi) is 9.04. The quantitative estimate of drug-likeness (QED) is 0.154. The second-order valence-electron chi connectivity index (χ2n) is 13.6. The first-order valence-electron chi connectivity index (χ1n) is 17.8. The van der Waals surface area contributed by atoms with Crippen LogP contribution < -0.4 is 18.9 Å². The number of methoxy groups -OCH3 is 2. The van der Waals surface area contributed by atoms with Crippen molar-refractivity contribution in [3.8, 4) is 23.0 Å². The predicted octanol–water partition coefficient (Wildman–Crippen LogP) is 8.11. The molecule has 4 aromatic rings. The number of hydrogen-bond donors (Lipinski definition) is 0. The Hall–Kier alpha value is -6.16. The number of carbonyl (C=O) groups is 2. The maximum atomic E-state index is 13.7. The van der Waals surface area contributed by atoms with Crippen molar-refractivity contribution in [2.24, 2.45) is 9.98 Å². The first-order chi connectivity index (χ1) is 25.8. The highest BCUT2D eigenvalue weighted by atomic mass is 16.5. The molecule has 0 saturated carbocycles. The highest BCUT2D eigenvalue weighted by Crippen LogP contribution is 2.41. The molecule has 10 nitrogen and oxygen atoms in total. The topological polar surface area (TPSA) is 102 Å². The molecule has 268 valence electrons. The van der Waals surface area contributed by atoms with Crippen LogP contribution in [0.2, 0.25) is 0 Å². The summed E-state index contributed by atoms with van der Waals surface area (Å²) in [7, 11) is 3.20. The molecule has 0 aromatic heterocycles. The number of ether oxygens (including phenoxy) is 4. The van der Waals surface area contributed by atoms with Crippen molar-refractivity contribution < 1.29 is 28.5 Å². The average molecular weight is 709 g/mol. The lowest BCUT2D eigenvalue weighted by molar-refractivity contribution is 0.0809. The van der Waals surface area contributed by atoms with Gasteiger partial charge in [0.15, 0.2) is 11.5 Å². The van der Waals surface area contributed by atoms with Crippen LogP contribution in [-0.2, 0) is 0 Å². The smallest absolute Gasteiger partial charge is 0.260 e. The number of rotatable bonds is 10. The van der Waals surface area contributed by atoms with Gasteiger partial charge in [-0.25, -0.2) is 0 Å². The monoisotopic (exact) mass is 708 g/mol. The van der Waals surface area contributed by atoms with Gasteiger partial charge >= 0.3 is 0 Å². The van der Waals surface area contributed by atoms with Gasteiger partial charge in [-0.2, -0.15) is 0 Å². The van der Waals surface area contributed by atoms with E-state index in [1.807, 2.05) is 68.2 Å². The maximum Gasteiger partial charge on any atom is 0.260 e. The van der Waals surface area contributed by atoms with Gasteiger partial charge in [0.1, 0.15) is 11.5 Å². The first kappa shape index (κ1) is 34.0. The minimum Gasteiger partial charge on any atom is -0.497 e. The minimum atomic E-state index is -0.161. The van der Waals surface area contributed by atoms with Crippen molar-refractivity contribution in [3.05, 3.63) is 119 Å². The number of hydrogen-bond acceptors (Lipinski definition) is 8. The summed E-state index contributed by atoms with van der Waals surface area (Å²) in [5.74, 6) is 2.22. The molecule has 4 aliphatic heterocycles. The molecule has 4 aliphatic rings. The normalized spacial score (nSPS) is 18.3. The molecule has 8 rings (SSSR count). The van der Waals surface area contributed by atoms with Crippen molar-refractivity contribution in [2.45, 2.75) is 45.2 Å². The summed E-state index contributed by atoms with van der Waals surface area (Å²) in [6, 6.07) is 23.1. The van der Waals surface area contributed by atoms with Crippen LogP contribution in [0, 0.1) is 13.8 Å². The second kappa shape index (κ2) is 14.1. The fraction of sp³-hybridized carbons (Fsp3) is 0.256. The highest BCUT2D eigenvalue weighted by molar-refractivity contribution is 6.06. The molecule has 0 unspecified atom stereocenters. The molecule has 0 fully saturated rings. The molecule has 2 atom stereocenters. The standard InChI is InChI=1S/C43H40N4O6/c1-26-6-8-28(9-7-26)30-17-33-23-45-38-21-41(40(51-4)19-36(38)43(49)47(33)24-30)53-15-5-14-52-39-20-37-35(16-27(39)2)42(48)46-25-31(18-32(46)22-44-37)29-10-12-34(50-3)13-11-29/h6-13,16,19-25,32-33H,5,14-15,17-18H2,1-4H3/t32-,33-/m0/s1. The molecule has 10 heteroatoms. The third-order valence-corrected chi connectivity index (χ3v) is 10.1. The Labute approximate surface area is 308 Å². The predicted molar refractivity (Wildman–Crippen MR) is 205 cm³/mol. The Bertz CT molecular complexity index is 2220. The number of benzene rings is 4. The van der Waals surface area contributed by atoms with Crippen molar-refractivity contribution in [1.29, 1.82) is 0 Å². The van der Waals surface area contributed by atoms with Gasteiger partial charge in [0.2, 0.25) is 0 Å². The number of amides is 2. The SMILES string of the molecule is COc1ccc(C2=CN3C(=O)c4cc(C)c(OCCCOc5cc6c(cc5OC)C(=O)N5C=C(c7ccc(C)cc7)C[C@H]5C=N6)cc4N=C[C@@H]3C2)cc1. The van der Waals surface area contributed by atoms with Crippen LogP contribution in [0.15, 0.2) is 95.2 Å². The number of aryl methyl sites for hydroxylation is 2. The summed E-state index contributed by atoms with van der Waals surface area (Å²) in [5.41, 5.74) is 8.53. The number of aliphatic imine (C=N–C) groups is 2. The third-order valence-electron chi connectivity index (χ3n) is 10.1. The van der Waals surface area contributed by atoms with Gasteiger partial charge in [-0.15, -0.1) is 0 Å². The zero-order valence-electron chi connectivity index (χ0n) is 30.2. The van der Waals surface area contributed by atoms with E-state index < -0.39 is 0 Å². The van der Waals surface area contributed by atoms with Gasteiger partial charge in [0.05, 0.1) is 62.0 Å². The summed E-state index contributed by atoms with van der Waals surface area (Å²) >= 11 is 0. The average Bonchev–Trinajstić information content (AvgIpc) is 3.76. The fourth-order valence-electron chi connectivity index (χ4n) is 7.15. The molecular weight excluding hydrogens is 668 g/mol. The summed E-state index contributed by atoms with van der Waals surface area (Å²) in [5, 5.41) is 0. The Morgan fingerprint density at radius 2 is 1.17 bits per heavy atom. The van der Waals surface area contributed by atoms with E-state index in [-0.39, 0.29) is 23.9 Å². The zero-order chi connectivity index (χ0) is 36.6. The van der Waals surface area contributed by atoms with Crippen LogP contribution in [0.3, 0.4) is 0 Å². The number of nitrogens with zero attached hydrogens (tertiary/aromatic N) is 4. The van der Waals surface area contributed by atoms with Crippen LogP contribution in [0.5, 0.6) is 23.0 Å². The fourth-order valence-corrected chi connectivity index (χ4v) is 7.15. The molecule has 0 aliphatic carbocycles. The van der Waals surface area contributed by atoms with Crippen LogP contribution in [-0.4, -0.2) is 73.6 Å². The highest BCUT2D eigenvalue weighted by Gasteiger charge is 2.35. The van der Waals surface area contributed by atoms with E-state index >= 15 is 0 Å². The summed E-state index contributed by atoms with van der Waals surface area (Å²) < 4.78 is 23.2. The lowest BCUT2D eigenvalue weighted by Crippen LogP contribution is -2.32. The van der Waals surface area contributed by atoms with E-state index in [4.69, 9.17) is 28.9 Å². The molecule has 0 spiro atoms. The molecule has 4 aromatic carbocycles. The van der Waals surface area contributed by atoms with Crippen molar-refractivity contribution in [3.63, 3.8) is 0 Å². The van der Waals surface area contributed by atoms with Crippen molar-refractivity contribution >= 4 is 46.8 Å². The van der Waals surface area contributed by atoms with Crippen LogP contribution >= 0.6 is 0 Å². The van der Waals surface area contributed by atoms with Gasteiger partial charge in [-0.3, -0.25) is 19.6 Å². The lowest BCUT2D eigenvalue weighted by Gasteiger charge is -2.19. The molecule has 53 heavy (non-hydrogen) atoms. The minimum absolute atomic E-state index is 0.0846. The number of carbonyl (C=O) groups excluding carboxylic acids is 2. The summed E-state index contributed by atoms with van der Waals surface area (Å²) in [4.78, 5) is 40.4. The van der Waals surface area contributed by atoms with Crippen LogP contribution in [0.25, 0.3) is 11.1 Å². The Morgan fingerprint density at radius 1 is 0.642 bits per heavy atom. The molecule has 4 heterocycles. The third kappa shape index (κ3) is 6.57. The van der Waals surface area contributed by atoms with E-state index in [9.17, 15) is 9.59 Å². The molecule has 0 saturated heterocycles. The van der Waals surface area contributed by atoms with Gasteiger partial charge < -0.3 is 28.7 Å². The van der Waals surface area contributed by atoms with E-state index in [0.29, 0.717) is 72.2 Å². The number of fused-ring (bicyclic) bond motifs is 4. The lowest BCUT2D eigenvalue weighted by atomic mass is 10.0. The van der Waals surface area contributed by atoms with E-state index in [1.165, 1.54) is 5.56 Å². The van der Waals surface area contributed by atoms with Crippen molar-refractivity contribution in [1.82, 2.24) is 9.80 Å². The molecule has 0 N–H and O–H groups in total. The van der Waals surface area contributed by atoms with Crippen LogP contribution in [0.4, 0.5) is 11.4 Å². The molecule has 0 bridgehead atoms. The first-order valence-corrected chi connectivity index (χ1v) is 17.8. The van der Waals surface area contributed by atoms with E-state index in [2.05, 4.69) is 31.2 Å². The van der Waals surface area contributed by atoms with Gasteiger partial charge in [0.25, 0.3) is 11.8 Å². The molecular formula is C43H40N4O6. The Morgan fingerprint density at radius 3 is 1.74 bits per heavy atom. The van der Waals surface area contributed by atoms with Crippen molar-refractivity contribution in [2.75, 3.05) is 27.4 Å². The summed E-state index contributed by atoms with van der Waals surface area (Å²) in [6.45, 7) is 4.73. The van der Waals surface area contributed by atoms with Gasteiger partial charge in [-0.05, 0) is 65.9 Å². The second-order valence-corrected chi connectivity index (χ2v) is 13.6. The van der Waals surface area contributed by atoms with E-state index in [1.54, 1.807) is 36.2 Å². The van der Waals surface area contributed by atoms with Gasteiger partial charge in [-0.1, -0.05) is 42.0 Å². The molecule has 2 amide bonds.